The van der Waals surface area contributed by atoms with Crippen molar-refractivity contribution in [1.29, 1.82) is 0 Å². The average Bonchev–Trinajstić information content (AvgIpc) is 2.21. The van der Waals surface area contributed by atoms with E-state index in [-0.39, 0.29) is 0 Å². The molecule has 1 atom stereocenters. The highest BCUT2D eigenvalue weighted by molar-refractivity contribution is 9.10. The first-order valence-corrected chi connectivity index (χ1v) is 6.04. The van der Waals surface area contributed by atoms with Crippen molar-refractivity contribution >= 4 is 21.6 Å². The molecule has 0 amide bonds. The summed E-state index contributed by atoms with van der Waals surface area (Å²) in [5, 5.41) is 0. The van der Waals surface area contributed by atoms with Crippen molar-refractivity contribution in [2.45, 2.75) is 26.3 Å². The topological polar surface area (TPSA) is 29.3 Å². The molecule has 0 aliphatic heterocycles. The lowest BCUT2D eigenvalue weighted by Gasteiger charge is -2.27. The summed E-state index contributed by atoms with van der Waals surface area (Å²) < 4.78 is 1.16. The van der Waals surface area contributed by atoms with Gasteiger partial charge in [-0.1, -0.05) is 22.0 Å². The second kappa shape index (κ2) is 5.52. The van der Waals surface area contributed by atoms with E-state index in [9.17, 15) is 0 Å². The van der Waals surface area contributed by atoms with Crippen LogP contribution >= 0.6 is 15.9 Å². The van der Waals surface area contributed by atoms with Crippen LogP contribution in [0, 0.1) is 6.92 Å². The van der Waals surface area contributed by atoms with Gasteiger partial charge in [0, 0.05) is 23.2 Å². The van der Waals surface area contributed by atoms with Gasteiger partial charge < -0.3 is 10.6 Å². The third-order valence-corrected chi connectivity index (χ3v) is 3.66. The fourth-order valence-corrected chi connectivity index (χ4v) is 1.86. The fourth-order valence-electron chi connectivity index (χ4n) is 1.49. The molecule has 1 aromatic rings. The number of hydrogen-bond donors (Lipinski definition) is 1. The quantitative estimate of drug-likeness (QED) is 0.912. The maximum absolute atomic E-state index is 5.56. The van der Waals surface area contributed by atoms with Crippen molar-refractivity contribution in [2.75, 3.05) is 18.5 Å². The standard InChI is InChI=1S/C12H19BrN2/c1-9-4-5-11(8-12(9)13)15(3)10(2)6-7-14/h4-5,8,10H,6-7,14H2,1-3H3. The molecule has 0 aliphatic rings. The summed E-state index contributed by atoms with van der Waals surface area (Å²) in [4.78, 5) is 2.26. The normalized spacial score (nSPS) is 12.6. The zero-order valence-electron chi connectivity index (χ0n) is 9.63. The average molecular weight is 271 g/mol. The molecule has 0 spiro atoms. The molecule has 0 saturated heterocycles. The minimum atomic E-state index is 0.476. The lowest BCUT2D eigenvalue weighted by atomic mass is 10.1. The van der Waals surface area contributed by atoms with Crippen molar-refractivity contribution in [1.82, 2.24) is 0 Å². The third-order valence-electron chi connectivity index (χ3n) is 2.81. The number of nitrogens with two attached hydrogens (primary N) is 1. The van der Waals surface area contributed by atoms with Crippen molar-refractivity contribution in [3.8, 4) is 0 Å². The molecule has 0 radical (unpaired) electrons. The number of halogens is 1. The Morgan fingerprint density at radius 3 is 2.67 bits per heavy atom. The minimum Gasteiger partial charge on any atom is -0.372 e. The molecule has 1 aromatic carbocycles. The van der Waals surface area contributed by atoms with E-state index in [0.717, 1.165) is 17.4 Å². The number of anilines is 1. The summed E-state index contributed by atoms with van der Waals surface area (Å²) in [6.45, 7) is 5.02. The number of benzene rings is 1. The predicted molar refractivity (Wildman–Crippen MR) is 70.4 cm³/mol. The molecule has 0 saturated carbocycles. The summed E-state index contributed by atoms with van der Waals surface area (Å²) in [6.07, 6.45) is 1.02. The van der Waals surface area contributed by atoms with E-state index in [4.69, 9.17) is 5.73 Å². The second-order valence-electron chi connectivity index (χ2n) is 3.97. The molecule has 15 heavy (non-hydrogen) atoms. The number of rotatable bonds is 4. The van der Waals surface area contributed by atoms with Gasteiger partial charge in [0.15, 0.2) is 0 Å². The number of aryl methyl sites for hydroxylation is 1. The van der Waals surface area contributed by atoms with Crippen molar-refractivity contribution < 1.29 is 0 Å². The maximum Gasteiger partial charge on any atom is 0.0377 e. The lowest BCUT2D eigenvalue weighted by molar-refractivity contribution is 0.635. The van der Waals surface area contributed by atoms with E-state index in [1.54, 1.807) is 0 Å². The van der Waals surface area contributed by atoms with Crippen LogP contribution < -0.4 is 10.6 Å². The van der Waals surface area contributed by atoms with Gasteiger partial charge in [0.2, 0.25) is 0 Å². The Labute approximate surface area is 101 Å². The highest BCUT2D eigenvalue weighted by atomic mass is 79.9. The highest BCUT2D eigenvalue weighted by Crippen LogP contribution is 2.24. The Balaban J connectivity index is 2.81. The van der Waals surface area contributed by atoms with E-state index in [1.165, 1.54) is 11.3 Å². The summed E-state index contributed by atoms with van der Waals surface area (Å²) in [5.41, 5.74) is 8.06. The lowest BCUT2D eigenvalue weighted by Crippen LogP contribution is -2.30. The Bertz CT molecular complexity index is 325. The molecule has 1 unspecified atom stereocenters. The largest absolute Gasteiger partial charge is 0.372 e. The van der Waals surface area contributed by atoms with Crippen molar-refractivity contribution in [2.24, 2.45) is 5.73 Å². The third kappa shape index (κ3) is 3.21. The Hall–Kier alpha value is -0.540. The zero-order valence-corrected chi connectivity index (χ0v) is 11.2. The molecule has 3 heteroatoms. The molecule has 0 bridgehead atoms. The van der Waals surface area contributed by atoms with Gasteiger partial charge in [-0.15, -0.1) is 0 Å². The van der Waals surface area contributed by atoms with Gasteiger partial charge in [0.1, 0.15) is 0 Å². The molecule has 2 N–H and O–H groups in total. The van der Waals surface area contributed by atoms with E-state index in [1.807, 2.05) is 0 Å². The van der Waals surface area contributed by atoms with Gasteiger partial charge in [-0.3, -0.25) is 0 Å². The van der Waals surface area contributed by atoms with Crippen molar-refractivity contribution in [3.05, 3.63) is 28.2 Å². The van der Waals surface area contributed by atoms with Gasteiger partial charge >= 0.3 is 0 Å². The Morgan fingerprint density at radius 1 is 1.47 bits per heavy atom. The van der Waals surface area contributed by atoms with E-state index >= 15 is 0 Å². The highest BCUT2D eigenvalue weighted by Gasteiger charge is 2.09. The summed E-state index contributed by atoms with van der Waals surface area (Å²) in [5.74, 6) is 0. The van der Waals surface area contributed by atoms with Crippen LogP contribution in [0.15, 0.2) is 22.7 Å². The Kier molecular flexibility index (Phi) is 4.61. The molecule has 0 aromatic heterocycles. The number of hydrogen-bond acceptors (Lipinski definition) is 2. The van der Waals surface area contributed by atoms with Crippen LogP contribution in [0.2, 0.25) is 0 Å². The molecule has 0 aliphatic carbocycles. The predicted octanol–water partition coefficient (Wildman–Crippen LogP) is 2.93. The molecule has 1 rings (SSSR count). The molecular weight excluding hydrogens is 252 g/mol. The summed E-state index contributed by atoms with van der Waals surface area (Å²) in [6, 6.07) is 6.91. The van der Waals surface area contributed by atoms with E-state index in [2.05, 4.69) is 59.9 Å². The van der Waals surface area contributed by atoms with Crippen LogP contribution in [0.3, 0.4) is 0 Å². The van der Waals surface area contributed by atoms with Crippen LogP contribution in [0.5, 0.6) is 0 Å². The van der Waals surface area contributed by atoms with Gasteiger partial charge in [-0.2, -0.15) is 0 Å². The molecule has 0 fully saturated rings. The first kappa shape index (κ1) is 12.5. The number of nitrogens with zero attached hydrogens (tertiary/aromatic N) is 1. The summed E-state index contributed by atoms with van der Waals surface area (Å²) >= 11 is 3.55. The summed E-state index contributed by atoms with van der Waals surface area (Å²) in [7, 11) is 2.11. The first-order valence-electron chi connectivity index (χ1n) is 5.25. The Morgan fingerprint density at radius 2 is 2.13 bits per heavy atom. The smallest absolute Gasteiger partial charge is 0.0377 e. The monoisotopic (exact) mass is 270 g/mol. The molecular formula is C12H19BrN2. The minimum absolute atomic E-state index is 0.476. The van der Waals surface area contributed by atoms with Gasteiger partial charge in [-0.05, 0) is 44.5 Å². The second-order valence-corrected chi connectivity index (χ2v) is 4.83. The van der Waals surface area contributed by atoms with Crippen LogP contribution in [0.25, 0.3) is 0 Å². The van der Waals surface area contributed by atoms with Gasteiger partial charge in [-0.25, -0.2) is 0 Å². The zero-order chi connectivity index (χ0) is 11.4. The fraction of sp³-hybridized carbons (Fsp3) is 0.500. The van der Waals surface area contributed by atoms with Crippen molar-refractivity contribution in [3.63, 3.8) is 0 Å². The molecule has 2 nitrogen and oxygen atoms in total. The molecule has 0 heterocycles. The van der Waals surface area contributed by atoms with Crippen LogP contribution in [0.4, 0.5) is 5.69 Å². The maximum atomic E-state index is 5.56. The van der Waals surface area contributed by atoms with Gasteiger partial charge in [0.05, 0.1) is 0 Å². The van der Waals surface area contributed by atoms with Gasteiger partial charge in [0.25, 0.3) is 0 Å². The van der Waals surface area contributed by atoms with Crippen LogP contribution in [-0.2, 0) is 0 Å². The van der Waals surface area contributed by atoms with E-state index < -0.39 is 0 Å². The molecule has 84 valence electrons. The first-order chi connectivity index (χ1) is 7.06. The van der Waals surface area contributed by atoms with E-state index in [0.29, 0.717) is 6.04 Å². The SMILES string of the molecule is Cc1ccc(N(C)C(C)CCN)cc1Br. The van der Waals surface area contributed by atoms with Crippen LogP contribution in [0.1, 0.15) is 18.9 Å². The van der Waals surface area contributed by atoms with Crippen LogP contribution in [-0.4, -0.2) is 19.6 Å².